The summed E-state index contributed by atoms with van der Waals surface area (Å²) in [6, 6.07) is 1.77. The lowest BCUT2D eigenvalue weighted by molar-refractivity contribution is 0.763. The van der Waals surface area contributed by atoms with Crippen LogP contribution in [0.5, 0.6) is 0 Å². The third-order valence-electron chi connectivity index (χ3n) is 2.16. The van der Waals surface area contributed by atoms with E-state index < -0.39 is 0 Å². The fourth-order valence-electron chi connectivity index (χ4n) is 1.31. The number of anilines is 1. The SMILES string of the molecule is CC(C)c1nc(NN)cc(-n2ccnc2)n1. The van der Waals surface area contributed by atoms with Gasteiger partial charge in [0.05, 0.1) is 0 Å². The molecule has 0 aromatic carbocycles. The van der Waals surface area contributed by atoms with E-state index in [1.54, 1.807) is 18.6 Å². The standard InChI is InChI=1S/C10H14N6/c1-7(2)10-13-8(15-11)5-9(14-10)16-4-3-12-6-16/h3-7H,11H2,1-2H3,(H,13,14,15). The van der Waals surface area contributed by atoms with Crippen LogP contribution in [0.25, 0.3) is 5.82 Å². The quantitative estimate of drug-likeness (QED) is 0.595. The second-order valence-electron chi connectivity index (χ2n) is 3.74. The van der Waals surface area contributed by atoms with Gasteiger partial charge in [-0.2, -0.15) is 0 Å². The van der Waals surface area contributed by atoms with Crippen molar-refractivity contribution in [3.8, 4) is 5.82 Å². The zero-order chi connectivity index (χ0) is 11.5. The van der Waals surface area contributed by atoms with E-state index in [2.05, 4.69) is 20.4 Å². The lowest BCUT2D eigenvalue weighted by Crippen LogP contribution is -2.12. The molecule has 0 radical (unpaired) electrons. The Bertz CT molecular complexity index is 462. The van der Waals surface area contributed by atoms with E-state index in [0.717, 1.165) is 11.6 Å². The first kappa shape index (κ1) is 10.6. The highest BCUT2D eigenvalue weighted by molar-refractivity contribution is 5.40. The predicted molar refractivity (Wildman–Crippen MR) is 61.1 cm³/mol. The molecule has 2 heterocycles. The van der Waals surface area contributed by atoms with Crippen molar-refractivity contribution >= 4 is 5.82 Å². The topological polar surface area (TPSA) is 81.6 Å². The molecule has 3 N–H and O–H groups in total. The fourth-order valence-corrected chi connectivity index (χ4v) is 1.31. The van der Waals surface area contributed by atoms with Crippen molar-refractivity contribution in [3.05, 3.63) is 30.6 Å². The van der Waals surface area contributed by atoms with E-state index in [-0.39, 0.29) is 5.92 Å². The number of rotatable bonds is 3. The van der Waals surface area contributed by atoms with Crippen LogP contribution >= 0.6 is 0 Å². The Kier molecular flexibility index (Phi) is 2.82. The molecule has 2 rings (SSSR count). The monoisotopic (exact) mass is 218 g/mol. The summed E-state index contributed by atoms with van der Waals surface area (Å²) >= 11 is 0. The van der Waals surface area contributed by atoms with Gasteiger partial charge in [0.2, 0.25) is 0 Å². The van der Waals surface area contributed by atoms with Crippen molar-refractivity contribution in [2.24, 2.45) is 5.84 Å². The normalized spacial score (nSPS) is 10.8. The molecule has 6 heteroatoms. The highest BCUT2D eigenvalue weighted by Gasteiger charge is 2.08. The number of nitrogens with zero attached hydrogens (tertiary/aromatic N) is 4. The van der Waals surface area contributed by atoms with E-state index in [9.17, 15) is 0 Å². The van der Waals surface area contributed by atoms with Crippen LogP contribution in [0.2, 0.25) is 0 Å². The largest absolute Gasteiger partial charge is 0.308 e. The zero-order valence-corrected chi connectivity index (χ0v) is 9.25. The molecule has 2 aromatic heterocycles. The van der Waals surface area contributed by atoms with Gasteiger partial charge in [0, 0.05) is 24.4 Å². The Morgan fingerprint density at radius 3 is 2.75 bits per heavy atom. The number of hydrogen-bond donors (Lipinski definition) is 2. The molecule has 0 bridgehead atoms. The molecule has 0 aliphatic heterocycles. The molecule has 0 saturated carbocycles. The van der Waals surface area contributed by atoms with Crippen molar-refractivity contribution in [1.29, 1.82) is 0 Å². The number of nitrogens with one attached hydrogen (secondary N) is 1. The smallest absolute Gasteiger partial charge is 0.145 e. The van der Waals surface area contributed by atoms with Crippen LogP contribution in [0.4, 0.5) is 5.82 Å². The highest BCUT2D eigenvalue weighted by Crippen LogP contribution is 2.15. The maximum Gasteiger partial charge on any atom is 0.145 e. The minimum atomic E-state index is 0.246. The van der Waals surface area contributed by atoms with E-state index in [0.29, 0.717) is 5.82 Å². The number of aromatic nitrogens is 4. The Balaban J connectivity index is 2.49. The maximum absolute atomic E-state index is 5.38. The van der Waals surface area contributed by atoms with Crippen molar-refractivity contribution < 1.29 is 0 Å². The molecule has 0 spiro atoms. The number of nitrogens with two attached hydrogens (primary N) is 1. The van der Waals surface area contributed by atoms with Gasteiger partial charge in [-0.25, -0.2) is 20.8 Å². The number of hydrazine groups is 1. The van der Waals surface area contributed by atoms with E-state index in [1.165, 1.54) is 0 Å². The molecule has 0 saturated heterocycles. The molecule has 0 aliphatic rings. The molecule has 6 nitrogen and oxygen atoms in total. The van der Waals surface area contributed by atoms with E-state index in [1.807, 2.05) is 24.6 Å². The predicted octanol–water partition coefficient (Wildman–Crippen LogP) is 1.07. The Morgan fingerprint density at radius 2 is 2.19 bits per heavy atom. The van der Waals surface area contributed by atoms with Gasteiger partial charge in [-0.05, 0) is 0 Å². The van der Waals surface area contributed by atoms with Gasteiger partial charge in [0.1, 0.15) is 23.8 Å². The molecule has 0 amide bonds. The van der Waals surface area contributed by atoms with E-state index in [4.69, 9.17) is 5.84 Å². The van der Waals surface area contributed by atoms with Gasteiger partial charge in [0.25, 0.3) is 0 Å². The first-order chi connectivity index (χ1) is 7.70. The minimum Gasteiger partial charge on any atom is -0.308 e. The van der Waals surface area contributed by atoms with Crippen molar-refractivity contribution in [3.63, 3.8) is 0 Å². The molecule has 0 atom stereocenters. The van der Waals surface area contributed by atoms with Crippen LogP contribution in [-0.4, -0.2) is 19.5 Å². The summed E-state index contributed by atoms with van der Waals surface area (Å²) in [7, 11) is 0. The zero-order valence-electron chi connectivity index (χ0n) is 9.25. The van der Waals surface area contributed by atoms with Crippen LogP contribution in [0.1, 0.15) is 25.6 Å². The molecular formula is C10H14N6. The summed E-state index contributed by atoms with van der Waals surface area (Å²) in [5.41, 5.74) is 2.54. The number of hydrogen-bond acceptors (Lipinski definition) is 5. The van der Waals surface area contributed by atoms with Gasteiger partial charge < -0.3 is 5.43 Å². The molecule has 0 unspecified atom stereocenters. The Morgan fingerprint density at radius 1 is 1.38 bits per heavy atom. The van der Waals surface area contributed by atoms with Gasteiger partial charge in [-0.15, -0.1) is 0 Å². The second-order valence-corrected chi connectivity index (χ2v) is 3.74. The van der Waals surface area contributed by atoms with Crippen LogP contribution < -0.4 is 11.3 Å². The fraction of sp³-hybridized carbons (Fsp3) is 0.300. The minimum absolute atomic E-state index is 0.246. The van der Waals surface area contributed by atoms with E-state index >= 15 is 0 Å². The maximum atomic E-state index is 5.38. The highest BCUT2D eigenvalue weighted by atomic mass is 15.3. The van der Waals surface area contributed by atoms with Crippen LogP contribution in [0.15, 0.2) is 24.8 Å². The lowest BCUT2D eigenvalue weighted by Gasteiger charge is -2.09. The molecule has 84 valence electrons. The summed E-state index contributed by atoms with van der Waals surface area (Å²) in [6.45, 7) is 4.07. The third kappa shape index (κ3) is 2.01. The Labute approximate surface area is 93.5 Å². The summed E-state index contributed by atoms with van der Waals surface area (Å²) < 4.78 is 1.81. The lowest BCUT2D eigenvalue weighted by atomic mass is 10.2. The number of imidazole rings is 1. The summed E-state index contributed by atoms with van der Waals surface area (Å²) in [4.78, 5) is 12.7. The second kappa shape index (κ2) is 4.28. The molecular weight excluding hydrogens is 204 g/mol. The summed E-state index contributed by atoms with van der Waals surface area (Å²) in [5.74, 6) is 7.72. The van der Waals surface area contributed by atoms with Crippen molar-refractivity contribution in [1.82, 2.24) is 19.5 Å². The van der Waals surface area contributed by atoms with Gasteiger partial charge in [0.15, 0.2) is 0 Å². The number of nitrogen functional groups attached to an aromatic ring is 1. The molecule has 16 heavy (non-hydrogen) atoms. The van der Waals surface area contributed by atoms with Gasteiger partial charge in [-0.3, -0.25) is 4.57 Å². The Hall–Kier alpha value is -1.95. The van der Waals surface area contributed by atoms with Gasteiger partial charge in [-0.1, -0.05) is 13.8 Å². The van der Waals surface area contributed by atoms with Crippen LogP contribution in [0, 0.1) is 0 Å². The summed E-state index contributed by atoms with van der Waals surface area (Å²) in [6.07, 6.45) is 5.21. The molecule has 2 aromatic rings. The first-order valence-electron chi connectivity index (χ1n) is 5.04. The summed E-state index contributed by atoms with van der Waals surface area (Å²) in [5, 5.41) is 0. The van der Waals surface area contributed by atoms with Crippen LogP contribution in [-0.2, 0) is 0 Å². The van der Waals surface area contributed by atoms with Gasteiger partial charge >= 0.3 is 0 Å². The van der Waals surface area contributed by atoms with Crippen LogP contribution in [0.3, 0.4) is 0 Å². The molecule has 0 aliphatic carbocycles. The first-order valence-corrected chi connectivity index (χ1v) is 5.04. The molecule has 0 fully saturated rings. The average molecular weight is 218 g/mol. The third-order valence-corrected chi connectivity index (χ3v) is 2.16. The van der Waals surface area contributed by atoms with Crippen molar-refractivity contribution in [2.75, 3.05) is 5.43 Å². The van der Waals surface area contributed by atoms with Crippen molar-refractivity contribution in [2.45, 2.75) is 19.8 Å². The average Bonchev–Trinajstić information content (AvgIpc) is 2.81.